The van der Waals surface area contributed by atoms with Crippen LogP contribution < -0.4 is 5.32 Å². The summed E-state index contributed by atoms with van der Waals surface area (Å²) in [5, 5.41) is 14.2. The molecule has 0 saturated heterocycles. The molecule has 1 aromatic rings. The first-order valence-electron chi connectivity index (χ1n) is 6.49. The molecule has 0 saturated carbocycles. The van der Waals surface area contributed by atoms with E-state index in [1.165, 1.54) is 5.56 Å². The van der Waals surface area contributed by atoms with E-state index in [9.17, 15) is 10.1 Å². The third-order valence-electron chi connectivity index (χ3n) is 3.46. The first kappa shape index (κ1) is 14.6. The second-order valence-corrected chi connectivity index (χ2v) is 4.66. The van der Waals surface area contributed by atoms with E-state index in [4.69, 9.17) is 0 Å². The molecule has 2 unspecified atom stereocenters. The van der Waals surface area contributed by atoms with Gasteiger partial charge in [0.2, 0.25) is 0 Å². The molecule has 1 N–H and O–H groups in total. The quantitative estimate of drug-likeness (QED) is 0.622. The topological polar surface area (TPSA) is 55.2 Å². The van der Waals surface area contributed by atoms with Crippen molar-refractivity contribution in [3.8, 4) is 0 Å². The summed E-state index contributed by atoms with van der Waals surface area (Å²) in [5.74, 6) is 0.357. The Bertz CT molecular complexity index is 418. The fourth-order valence-electron chi connectivity index (χ4n) is 2.44. The number of hydrogen-bond acceptors (Lipinski definition) is 3. The Morgan fingerprint density at radius 1 is 1.39 bits per heavy atom. The summed E-state index contributed by atoms with van der Waals surface area (Å²) >= 11 is 0. The number of hydrogen-bond donors (Lipinski definition) is 1. The Kier molecular flexibility index (Phi) is 5.28. The van der Waals surface area contributed by atoms with Crippen LogP contribution in [0.15, 0.2) is 18.2 Å². The van der Waals surface area contributed by atoms with E-state index in [-0.39, 0.29) is 10.6 Å². The molecule has 0 aromatic heterocycles. The molecule has 0 aliphatic heterocycles. The van der Waals surface area contributed by atoms with Crippen LogP contribution in [0.5, 0.6) is 0 Å². The average Bonchev–Trinajstić information content (AvgIpc) is 2.34. The van der Waals surface area contributed by atoms with Crippen molar-refractivity contribution >= 4 is 5.69 Å². The van der Waals surface area contributed by atoms with Gasteiger partial charge in [0.05, 0.1) is 4.92 Å². The Morgan fingerprint density at radius 2 is 2.06 bits per heavy atom. The molecule has 100 valence electrons. The molecule has 0 fully saturated rings. The minimum Gasteiger partial charge on any atom is -0.314 e. The van der Waals surface area contributed by atoms with Crippen molar-refractivity contribution in [2.24, 2.45) is 0 Å². The zero-order chi connectivity index (χ0) is 13.7. The lowest BCUT2D eigenvalue weighted by molar-refractivity contribution is -0.384. The van der Waals surface area contributed by atoms with Gasteiger partial charge in [-0.05, 0) is 36.9 Å². The van der Waals surface area contributed by atoms with Crippen molar-refractivity contribution in [1.82, 2.24) is 5.32 Å². The molecule has 0 aliphatic rings. The lowest BCUT2D eigenvalue weighted by Gasteiger charge is -2.25. The molecule has 0 radical (unpaired) electrons. The first-order valence-corrected chi connectivity index (χ1v) is 6.49. The maximum absolute atomic E-state index is 10.7. The smallest absolute Gasteiger partial charge is 0.269 e. The largest absolute Gasteiger partial charge is 0.314 e. The number of aryl methyl sites for hydroxylation is 1. The van der Waals surface area contributed by atoms with Crippen LogP contribution in [0, 0.1) is 17.0 Å². The maximum atomic E-state index is 10.7. The van der Waals surface area contributed by atoms with E-state index in [1.54, 1.807) is 12.1 Å². The third kappa shape index (κ3) is 3.29. The van der Waals surface area contributed by atoms with Crippen LogP contribution >= 0.6 is 0 Å². The molecule has 0 spiro atoms. The fraction of sp³-hybridized carbons (Fsp3) is 0.571. The molecule has 18 heavy (non-hydrogen) atoms. The molecule has 1 rings (SSSR count). The molecule has 0 heterocycles. The number of nitro groups is 1. The number of rotatable bonds is 6. The monoisotopic (exact) mass is 250 g/mol. The van der Waals surface area contributed by atoms with Gasteiger partial charge in [-0.3, -0.25) is 10.1 Å². The number of likely N-dealkylation sites (N-methyl/N-ethyl adjacent to an activating group) is 1. The van der Waals surface area contributed by atoms with Crippen molar-refractivity contribution in [3.05, 3.63) is 39.4 Å². The van der Waals surface area contributed by atoms with Crippen molar-refractivity contribution in [2.45, 2.75) is 46.1 Å². The molecule has 0 aliphatic carbocycles. The average molecular weight is 250 g/mol. The van der Waals surface area contributed by atoms with Gasteiger partial charge in [-0.25, -0.2) is 0 Å². The minimum absolute atomic E-state index is 0.167. The highest BCUT2D eigenvalue weighted by Gasteiger charge is 2.19. The van der Waals surface area contributed by atoms with E-state index >= 15 is 0 Å². The van der Waals surface area contributed by atoms with E-state index in [2.05, 4.69) is 26.1 Å². The number of nitrogens with one attached hydrogen (secondary N) is 1. The second-order valence-electron chi connectivity index (χ2n) is 4.66. The number of nitrogens with zero attached hydrogens (tertiary/aromatic N) is 1. The normalized spacial score (nSPS) is 14.2. The van der Waals surface area contributed by atoms with Gasteiger partial charge in [-0.15, -0.1) is 0 Å². The highest BCUT2D eigenvalue weighted by molar-refractivity contribution is 5.41. The molecule has 4 nitrogen and oxygen atoms in total. The second kappa shape index (κ2) is 6.50. The Labute approximate surface area is 109 Å². The van der Waals surface area contributed by atoms with Crippen LogP contribution in [-0.4, -0.2) is 17.5 Å². The lowest BCUT2D eigenvalue weighted by atomic mass is 9.88. The van der Waals surface area contributed by atoms with Crippen molar-refractivity contribution in [3.63, 3.8) is 0 Å². The maximum Gasteiger partial charge on any atom is 0.269 e. The van der Waals surface area contributed by atoms with E-state index in [0.717, 1.165) is 18.5 Å². The summed E-state index contributed by atoms with van der Waals surface area (Å²) in [6.07, 6.45) is 1.05. The van der Waals surface area contributed by atoms with E-state index < -0.39 is 0 Å². The van der Waals surface area contributed by atoms with Crippen molar-refractivity contribution < 1.29 is 4.92 Å². The van der Waals surface area contributed by atoms with E-state index in [1.807, 2.05) is 13.0 Å². The van der Waals surface area contributed by atoms with Gasteiger partial charge >= 0.3 is 0 Å². The SMILES string of the molecule is CCNC(CC)C(C)c1ccc([N+](=O)[O-])cc1C. The molecule has 0 bridgehead atoms. The number of non-ortho nitro benzene ring substituents is 1. The fourth-order valence-corrected chi connectivity index (χ4v) is 2.44. The summed E-state index contributed by atoms with van der Waals surface area (Å²) in [4.78, 5) is 10.4. The van der Waals surface area contributed by atoms with E-state index in [0.29, 0.717) is 12.0 Å². The Hall–Kier alpha value is -1.42. The summed E-state index contributed by atoms with van der Waals surface area (Å²) in [5.41, 5.74) is 2.35. The zero-order valence-corrected chi connectivity index (χ0v) is 11.6. The predicted molar refractivity (Wildman–Crippen MR) is 74.0 cm³/mol. The van der Waals surface area contributed by atoms with Crippen LogP contribution in [0.4, 0.5) is 5.69 Å². The van der Waals surface area contributed by atoms with Gasteiger partial charge in [0.1, 0.15) is 0 Å². The van der Waals surface area contributed by atoms with Crippen molar-refractivity contribution in [1.29, 1.82) is 0 Å². The molecule has 0 amide bonds. The molecule has 1 aromatic carbocycles. The van der Waals surface area contributed by atoms with Gasteiger partial charge in [-0.2, -0.15) is 0 Å². The van der Waals surface area contributed by atoms with Crippen molar-refractivity contribution in [2.75, 3.05) is 6.54 Å². The Morgan fingerprint density at radius 3 is 2.50 bits per heavy atom. The standard InChI is InChI=1S/C14H22N2O2/c1-5-14(15-6-2)11(4)13-8-7-12(16(17)18)9-10(13)3/h7-9,11,14-15H,5-6H2,1-4H3. The number of benzene rings is 1. The predicted octanol–water partition coefficient (Wildman–Crippen LogP) is 3.39. The highest BCUT2D eigenvalue weighted by atomic mass is 16.6. The first-order chi connectivity index (χ1) is 8.51. The van der Waals surface area contributed by atoms with Crippen LogP contribution in [-0.2, 0) is 0 Å². The summed E-state index contributed by atoms with van der Waals surface area (Å²) in [6.45, 7) is 9.31. The van der Waals surface area contributed by atoms with Crippen LogP contribution in [0.1, 0.15) is 44.2 Å². The van der Waals surface area contributed by atoms with Gasteiger partial charge in [0.25, 0.3) is 5.69 Å². The third-order valence-corrected chi connectivity index (χ3v) is 3.46. The zero-order valence-electron chi connectivity index (χ0n) is 11.6. The summed E-state index contributed by atoms with van der Waals surface area (Å²) in [6, 6.07) is 5.55. The molecular weight excluding hydrogens is 228 g/mol. The number of nitro benzene ring substituents is 1. The molecular formula is C14H22N2O2. The van der Waals surface area contributed by atoms with Crippen LogP contribution in [0.2, 0.25) is 0 Å². The van der Waals surface area contributed by atoms with Gasteiger partial charge < -0.3 is 5.32 Å². The van der Waals surface area contributed by atoms with Gasteiger partial charge in [0.15, 0.2) is 0 Å². The van der Waals surface area contributed by atoms with Crippen LogP contribution in [0.3, 0.4) is 0 Å². The summed E-state index contributed by atoms with van der Waals surface area (Å²) < 4.78 is 0. The Balaban J connectivity index is 2.98. The molecule has 4 heteroatoms. The van der Waals surface area contributed by atoms with Crippen LogP contribution in [0.25, 0.3) is 0 Å². The molecule has 2 atom stereocenters. The van der Waals surface area contributed by atoms with Gasteiger partial charge in [0, 0.05) is 18.2 Å². The van der Waals surface area contributed by atoms with Gasteiger partial charge in [-0.1, -0.05) is 26.8 Å². The summed E-state index contributed by atoms with van der Waals surface area (Å²) in [7, 11) is 0. The minimum atomic E-state index is -0.344. The lowest BCUT2D eigenvalue weighted by Crippen LogP contribution is -2.33. The highest BCUT2D eigenvalue weighted by Crippen LogP contribution is 2.27.